The van der Waals surface area contributed by atoms with Crippen LogP contribution in [0.2, 0.25) is 0 Å². The van der Waals surface area contributed by atoms with E-state index in [1.165, 1.54) is 0 Å². The third kappa shape index (κ3) is 5.45. The van der Waals surface area contributed by atoms with Crippen molar-refractivity contribution in [1.82, 2.24) is 9.80 Å². The molecular formula is C29H34N2O5. The van der Waals surface area contributed by atoms with E-state index in [2.05, 4.69) is 0 Å². The van der Waals surface area contributed by atoms with Crippen molar-refractivity contribution in [2.75, 3.05) is 26.7 Å². The first-order valence-corrected chi connectivity index (χ1v) is 12.4. The van der Waals surface area contributed by atoms with Crippen LogP contribution in [0.3, 0.4) is 0 Å². The molecule has 0 N–H and O–H groups in total. The Morgan fingerprint density at radius 2 is 1.72 bits per heavy atom. The molecule has 0 aliphatic carbocycles. The first kappa shape index (κ1) is 25.5. The van der Waals surface area contributed by atoms with Crippen molar-refractivity contribution in [3.63, 3.8) is 0 Å². The molecule has 1 aliphatic heterocycles. The zero-order valence-electron chi connectivity index (χ0n) is 21.7. The van der Waals surface area contributed by atoms with Gasteiger partial charge in [0.05, 0.1) is 10.9 Å². The van der Waals surface area contributed by atoms with Gasteiger partial charge in [-0.1, -0.05) is 36.4 Å². The highest BCUT2D eigenvalue weighted by Crippen LogP contribution is 2.29. The fourth-order valence-electron chi connectivity index (χ4n) is 4.63. The molecule has 0 atom stereocenters. The third-order valence-corrected chi connectivity index (χ3v) is 6.55. The summed E-state index contributed by atoms with van der Waals surface area (Å²) in [4.78, 5) is 42.4. The van der Waals surface area contributed by atoms with Gasteiger partial charge < -0.3 is 19.0 Å². The highest BCUT2D eigenvalue weighted by Gasteiger charge is 2.28. The minimum Gasteiger partial charge on any atom is -0.455 e. The Labute approximate surface area is 211 Å². The van der Waals surface area contributed by atoms with Gasteiger partial charge in [-0.2, -0.15) is 0 Å². The quantitative estimate of drug-likeness (QED) is 0.483. The van der Waals surface area contributed by atoms with E-state index < -0.39 is 5.60 Å². The molecule has 190 valence electrons. The van der Waals surface area contributed by atoms with Crippen molar-refractivity contribution in [2.24, 2.45) is 5.92 Å². The lowest BCUT2D eigenvalue weighted by Crippen LogP contribution is -2.43. The van der Waals surface area contributed by atoms with Crippen molar-refractivity contribution in [1.29, 1.82) is 0 Å². The molecule has 1 aliphatic rings. The van der Waals surface area contributed by atoms with Crippen LogP contribution in [-0.2, 0) is 4.74 Å². The fraction of sp³-hybridized carbons (Fsp3) is 0.414. The smallest absolute Gasteiger partial charge is 0.410 e. The summed E-state index contributed by atoms with van der Waals surface area (Å²) in [6.07, 6.45) is 1.22. The number of hydrogen-bond acceptors (Lipinski definition) is 5. The van der Waals surface area contributed by atoms with E-state index in [1.54, 1.807) is 42.0 Å². The molecule has 1 aromatic heterocycles. The molecule has 0 radical (unpaired) electrons. The number of hydrogen-bond donors (Lipinski definition) is 0. The first-order valence-electron chi connectivity index (χ1n) is 12.4. The molecule has 7 heteroatoms. The minimum atomic E-state index is -0.534. The lowest BCUT2D eigenvalue weighted by molar-refractivity contribution is 0.0246. The molecule has 1 fully saturated rings. The number of likely N-dealkylation sites (tertiary alicyclic amines) is 1. The SMILES string of the molecule is Cc1c(-c2ccccc2)oc2c(C(=O)N3CCC(CN(C)C(=O)OC(C)(C)C)CC3)cccc2c1=O. The van der Waals surface area contributed by atoms with Gasteiger partial charge in [0.2, 0.25) is 0 Å². The van der Waals surface area contributed by atoms with Crippen LogP contribution in [0.4, 0.5) is 4.79 Å². The molecule has 3 aromatic rings. The van der Waals surface area contributed by atoms with Crippen LogP contribution in [0, 0.1) is 12.8 Å². The number of carbonyl (C=O) groups is 2. The molecular weight excluding hydrogens is 456 g/mol. The summed E-state index contributed by atoms with van der Waals surface area (Å²) in [5.41, 5.74) is 1.37. The second-order valence-electron chi connectivity index (χ2n) is 10.5. The van der Waals surface area contributed by atoms with Crippen LogP contribution >= 0.6 is 0 Å². The number of ether oxygens (including phenoxy) is 1. The number of fused-ring (bicyclic) bond motifs is 1. The molecule has 4 rings (SSSR count). The number of amides is 2. The number of piperidine rings is 1. The van der Waals surface area contributed by atoms with Crippen molar-refractivity contribution < 1.29 is 18.7 Å². The van der Waals surface area contributed by atoms with E-state index in [0.29, 0.717) is 47.5 Å². The predicted octanol–water partition coefficient (Wildman–Crippen LogP) is 5.49. The Morgan fingerprint density at radius 3 is 2.36 bits per heavy atom. The maximum absolute atomic E-state index is 13.5. The Morgan fingerprint density at radius 1 is 1.06 bits per heavy atom. The maximum atomic E-state index is 13.5. The van der Waals surface area contributed by atoms with Gasteiger partial charge >= 0.3 is 6.09 Å². The van der Waals surface area contributed by atoms with E-state index in [0.717, 1.165) is 18.4 Å². The molecule has 7 nitrogen and oxygen atoms in total. The fourth-order valence-corrected chi connectivity index (χ4v) is 4.63. The highest BCUT2D eigenvalue weighted by molar-refractivity contribution is 6.05. The van der Waals surface area contributed by atoms with Gasteiger partial charge in [-0.25, -0.2) is 4.79 Å². The summed E-state index contributed by atoms with van der Waals surface area (Å²) in [6, 6.07) is 14.6. The van der Waals surface area contributed by atoms with Gasteiger partial charge in [-0.15, -0.1) is 0 Å². The first-order chi connectivity index (χ1) is 17.0. The molecule has 0 bridgehead atoms. The Kier molecular flexibility index (Phi) is 7.20. The molecule has 2 amide bonds. The average Bonchev–Trinajstić information content (AvgIpc) is 2.85. The van der Waals surface area contributed by atoms with E-state index in [1.807, 2.05) is 51.1 Å². The molecule has 2 heterocycles. The lowest BCUT2D eigenvalue weighted by Gasteiger charge is -2.34. The zero-order valence-corrected chi connectivity index (χ0v) is 21.7. The van der Waals surface area contributed by atoms with Gasteiger partial charge in [0.25, 0.3) is 5.91 Å². The summed E-state index contributed by atoms with van der Waals surface area (Å²) in [7, 11) is 1.75. The maximum Gasteiger partial charge on any atom is 0.410 e. The molecule has 36 heavy (non-hydrogen) atoms. The van der Waals surface area contributed by atoms with E-state index in [4.69, 9.17) is 9.15 Å². The standard InChI is InChI=1S/C29H34N2O5/c1-19-24(32)22-12-9-13-23(26(22)35-25(19)21-10-7-6-8-11-21)27(33)31-16-14-20(15-17-31)18-30(5)28(34)36-29(2,3)4/h6-13,20H,14-18H2,1-5H3. The van der Waals surface area contributed by atoms with Crippen LogP contribution in [0.25, 0.3) is 22.3 Å². The van der Waals surface area contributed by atoms with Crippen LogP contribution in [-0.4, -0.2) is 54.1 Å². The Balaban J connectivity index is 1.52. The molecule has 0 spiro atoms. The molecule has 2 aromatic carbocycles. The van der Waals surface area contributed by atoms with Gasteiger partial charge in [0.15, 0.2) is 11.0 Å². The van der Waals surface area contributed by atoms with Crippen LogP contribution in [0.15, 0.2) is 57.7 Å². The monoisotopic (exact) mass is 490 g/mol. The van der Waals surface area contributed by atoms with Crippen molar-refractivity contribution in [2.45, 2.75) is 46.1 Å². The van der Waals surface area contributed by atoms with Crippen molar-refractivity contribution >= 4 is 23.0 Å². The predicted molar refractivity (Wildman–Crippen MR) is 140 cm³/mol. The van der Waals surface area contributed by atoms with Crippen molar-refractivity contribution in [3.05, 3.63) is 69.9 Å². The van der Waals surface area contributed by atoms with Crippen molar-refractivity contribution in [3.8, 4) is 11.3 Å². The Hall–Kier alpha value is -3.61. The van der Waals surface area contributed by atoms with Gasteiger partial charge in [0, 0.05) is 37.8 Å². The number of benzene rings is 2. The molecule has 1 saturated heterocycles. The number of carbonyl (C=O) groups excluding carboxylic acids is 2. The molecule has 0 saturated carbocycles. The summed E-state index contributed by atoms with van der Waals surface area (Å²) in [6.45, 7) is 9.03. The summed E-state index contributed by atoms with van der Waals surface area (Å²) < 4.78 is 11.7. The third-order valence-electron chi connectivity index (χ3n) is 6.55. The Bertz CT molecular complexity index is 1320. The van der Waals surface area contributed by atoms with Crippen LogP contribution in [0.1, 0.15) is 49.5 Å². The van der Waals surface area contributed by atoms with Gasteiger partial charge in [0.1, 0.15) is 11.4 Å². The second kappa shape index (κ2) is 10.2. The lowest BCUT2D eigenvalue weighted by atomic mass is 9.95. The van der Waals surface area contributed by atoms with Crippen LogP contribution < -0.4 is 5.43 Å². The topological polar surface area (TPSA) is 80.1 Å². The minimum absolute atomic E-state index is 0.131. The summed E-state index contributed by atoms with van der Waals surface area (Å²) >= 11 is 0. The summed E-state index contributed by atoms with van der Waals surface area (Å²) in [5, 5.41) is 0.409. The van der Waals surface area contributed by atoms with Gasteiger partial charge in [-0.3, -0.25) is 9.59 Å². The largest absolute Gasteiger partial charge is 0.455 e. The van der Waals surface area contributed by atoms with E-state index in [-0.39, 0.29) is 23.3 Å². The highest BCUT2D eigenvalue weighted by atomic mass is 16.6. The summed E-state index contributed by atoms with van der Waals surface area (Å²) in [5.74, 6) is 0.618. The average molecular weight is 491 g/mol. The molecule has 0 unspecified atom stereocenters. The normalized spacial score (nSPS) is 14.6. The number of nitrogens with zero attached hydrogens (tertiary/aromatic N) is 2. The number of para-hydroxylation sites is 1. The second-order valence-corrected chi connectivity index (χ2v) is 10.5. The van der Waals surface area contributed by atoms with Crippen LogP contribution in [0.5, 0.6) is 0 Å². The van der Waals surface area contributed by atoms with E-state index in [9.17, 15) is 14.4 Å². The van der Waals surface area contributed by atoms with Gasteiger partial charge in [-0.05, 0) is 58.6 Å². The van der Waals surface area contributed by atoms with E-state index >= 15 is 0 Å². The number of rotatable bonds is 4. The zero-order chi connectivity index (χ0) is 26.0.